The lowest BCUT2D eigenvalue weighted by atomic mass is 10.1. The van der Waals surface area contributed by atoms with Gasteiger partial charge in [0.05, 0.1) is 5.41 Å². The van der Waals surface area contributed by atoms with Gasteiger partial charge in [-0.25, -0.2) is 0 Å². The van der Waals surface area contributed by atoms with Gasteiger partial charge in [-0.15, -0.1) is 0 Å². The molecule has 0 radical (unpaired) electrons. The van der Waals surface area contributed by atoms with Gasteiger partial charge in [-0.1, -0.05) is 0 Å². The number of aliphatic carboxylic acids is 1. The Labute approximate surface area is 101 Å². The highest BCUT2D eigenvalue weighted by Crippen LogP contribution is 2.46. The zero-order valence-corrected chi connectivity index (χ0v) is 10.4. The van der Waals surface area contributed by atoms with Gasteiger partial charge in [-0.2, -0.15) is 0 Å². The molecular formula is C13H19NO3. The van der Waals surface area contributed by atoms with E-state index < -0.39 is 11.4 Å². The molecule has 4 nitrogen and oxygen atoms in total. The van der Waals surface area contributed by atoms with E-state index in [1.165, 1.54) is 0 Å². The summed E-state index contributed by atoms with van der Waals surface area (Å²) in [6.07, 6.45) is 2.46. The minimum Gasteiger partial charge on any atom is -0.481 e. The number of carboxylic acid groups (broad SMARTS) is 1. The first-order chi connectivity index (χ1) is 8.02. The molecule has 0 spiro atoms. The van der Waals surface area contributed by atoms with E-state index in [4.69, 9.17) is 9.52 Å². The molecule has 0 amide bonds. The fraction of sp³-hybridized carbons (Fsp3) is 0.615. The molecular weight excluding hydrogens is 218 g/mol. The zero-order chi connectivity index (χ0) is 12.5. The standard InChI is InChI=1S/C13H19NO3/c1-10-3-4-11(17-10)5-8-14(2)9-13(6-7-13)12(15)16/h3-4H,5-9H2,1-2H3,(H,15,16). The van der Waals surface area contributed by atoms with E-state index in [1.807, 2.05) is 26.1 Å². The van der Waals surface area contributed by atoms with Crippen LogP contribution < -0.4 is 0 Å². The molecule has 1 N–H and O–H groups in total. The average Bonchev–Trinajstić information content (AvgIpc) is 2.92. The molecule has 0 atom stereocenters. The van der Waals surface area contributed by atoms with Gasteiger partial charge in [-0.3, -0.25) is 4.79 Å². The van der Waals surface area contributed by atoms with Crippen molar-refractivity contribution in [1.29, 1.82) is 0 Å². The summed E-state index contributed by atoms with van der Waals surface area (Å²) < 4.78 is 5.48. The molecule has 4 heteroatoms. The Kier molecular flexibility index (Phi) is 3.24. The first kappa shape index (κ1) is 12.2. The van der Waals surface area contributed by atoms with E-state index in [0.717, 1.165) is 37.3 Å². The smallest absolute Gasteiger partial charge is 0.310 e. The fourth-order valence-electron chi connectivity index (χ4n) is 2.11. The lowest BCUT2D eigenvalue weighted by Gasteiger charge is -2.20. The summed E-state index contributed by atoms with van der Waals surface area (Å²) in [5.74, 6) is 1.24. The monoisotopic (exact) mass is 237 g/mol. The summed E-state index contributed by atoms with van der Waals surface area (Å²) in [5, 5.41) is 9.10. The minimum absolute atomic E-state index is 0.464. The van der Waals surface area contributed by atoms with Gasteiger partial charge in [0, 0.05) is 19.5 Å². The first-order valence-electron chi connectivity index (χ1n) is 5.99. The molecule has 1 aliphatic rings. The number of carbonyl (C=O) groups is 1. The molecule has 0 saturated heterocycles. The predicted octanol–water partition coefficient (Wildman–Crippen LogP) is 1.93. The second kappa shape index (κ2) is 4.53. The average molecular weight is 237 g/mol. The molecule has 1 fully saturated rings. The van der Waals surface area contributed by atoms with Crippen LogP contribution >= 0.6 is 0 Å². The molecule has 1 aromatic rings. The quantitative estimate of drug-likeness (QED) is 0.821. The van der Waals surface area contributed by atoms with Gasteiger partial charge in [0.25, 0.3) is 0 Å². The highest BCUT2D eigenvalue weighted by molar-refractivity contribution is 5.78. The van der Waals surface area contributed by atoms with Crippen molar-refractivity contribution < 1.29 is 14.3 Å². The number of carboxylic acids is 1. The molecule has 0 aliphatic heterocycles. The molecule has 0 bridgehead atoms. The maximum atomic E-state index is 11.1. The van der Waals surface area contributed by atoms with Gasteiger partial charge < -0.3 is 14.4 Å². The lowest BCUT2D eigenvalue weighted by molar-refractivity contribution is -0.144. The van der Waals surface area contributed by atoms with Crippen molar-refractivity contribution in [1.82, 2.24) is 4.90 Å². The number of furan rings is 1. The minimum atomic E-state index is -0.654. The van der Waals surface area contributed by atoms with Crippen LogP contribution in [0, 0.1) is 12.3 Å². The molecule has 1 saturated carbocycles. The van der Waals surface area contributed by atoms with Crippen LogP contribution in [-0.2, 0) is 11.2 Å². The van der Waals surface area contributed by atoms with Crippen LogP contribution in [0.3, 0.4) is 0 Å². The van der Waals surface area contributed by atoms with Crippen molar-refractivity contribution >= 4 is 5.97 Å². The molecule has 1 aromatic heterocycles. The summed E-state index contributed by atoms with van der Waals surface area (Å²) in [4.78, 5) is 13.1. The number of likely N-dealkylation sites (N-methyl/N-ethyl adjacent to an activating group) is 1. The van der Waals surface area contributed by atoms with E-state index in [2.05, 4.69) is 4.90 Å². The largest absolute Gasteiger partial charge is 0.481 e. The van der Waals surface area contributed by atoms with E-state index in [0.29, 0.717) is 6.54 Å². The van der Waals surface area contributed by atoms with Gasteiger partial charge in [0.15, 0.2) is 0 Å². The molecule has 0 aromatic carbocycles. The Morgan fingerprint density at radius 3 is 2.71 bits per heavy atom. The molecule has 0 unspecified atom stereocenters. The Bertz CT molecular complexity index is 407. The van der Waals surface area contributed by atoms with Crippen LogP contribution in [0.15, 0.2) is 16.5 Å². The molecule has 94 valence electrons. The first-order valence-corrected chi connectivity index (χ1v) is 5.99. The van der Waals surface area contributed by atoms with Crippen LogP contribution in [0.25, 0.3) is 0 Å². The number of nitrogens with zero attached hydrogens (tertiary/aromatic N) is 1. The van der Waals surface area contributed by atoms with Crippen molar-refractivity contribution in [3.05, 3.63) is 23.7 Å². The van der Waals surface area contributed by atoms with Crippen LogP contribution in [0.1, 0.15) is 24.4 Å². The van der Waals surface area contributed by atoms with Crippen molar-refractivity contribution in [2.75, 3.05) is 20.1 Å². The Balaban J connectivity index is 1.78. The maximum absolute atomic E-state index is 11.1. The topological polar surface area (TPSA) is 53.7 Å². The third-order valence-corrected chi connectivity index (χ3v) is 3.42. The Morgan fingerprint density at radius 1 is 1.53 bits per heavy atom. The molecule has 2 rings (SSSR count). The van der Waals surface area contributed by atoms with Crippen molar-refractivity contribution in [3.63, 3.8) is 0 Å². The predicted molar refractivity (Wildman–Crippen MR) is 63.9 cm³/mol. The Hall–Kier alpha value is -1.29. The fourth-order valence-corrected chi connectivity index (χ4v) is 2.11. The van der Waals surface area contributed by atoms with E-state index in [1.54, 1.807) is 0 Å². The van der Waals surface area contributed by atoms with Crippen LogP contribution in [0.4, 0.5) is 0 Å². The summed E-state index contributed by atoms with van der Waals surface area (Å²) >= 11 is 0. The van der Waals surface area contributed by atoms with Gasteiger partial charge >= 0.3 is 5.97 Å². The molecule has 17 heavy (non-hydrogen) atoms. The van der Waals surface area contributed by atoms with Gasteiger partial charge in [0.2, 0.25) is 0 Å². The van der Waals surface area contributed by atoms with Crippen LogP contribution in [0.5, 0.6) is 0 Å². The molecule has 1 aliphatic carbocycles. The second-order valence-corrected chi connectivity index (χ2v) is 5.09. The third kappa shape index (κ3) is 2.88. The normalized spacial score (nSPS) is 17.4. The molecule has 1 heterocycles. The van der Waals surface area contributed by atoms with Gasteiger partial charge in [-0.05, 0) is 38.9 Å². The van der Waals surface area contributed by atoms with Crippen molar-refractivity contribution in [2.24, 2.45) is 5.41 Å². The Morgan fingerprint density at radius 2 is 2.24 bits per heavy atom. The summed E-state index contributed by atoms with van der Waals surface area (Å²) in [6, 6.07) is 3.93. The highest BCUT2D eigenvalue weighted by atomic mass is 16.4. The second-order valence-electron chi connectivity index (χ2n) is 5.09. The van der Waals surface area contributed by atoms with Crippen LogP contribution in [-0.4, -0.2) is 36.1 Å². The van der Waals surface area contributed by atoms with Crippen LogP contribution in [0.2, 0.25) is 0 Å². The summed E-state index contributed by atoms with van der Waals surface area (Å²) in [6.45, 7) is 3.40. The van der Waals surface area contributed by atoms with Gasteiger partial charge in [0.1, 0.15) is 11.5 Å². The van der Waals surface area contributed by atoms with E-state index in [-0.39, 0.29) is 0 Å². The summed E-state index contributed by atoms with van der Waals surface area (Å²) in [5.41, 5.74) is -0.464. The number of hydrogen-bond acceptors (Lipinski definition) is 3. The number of hydrogen-bond donors (Lipinski definition) is 1. The summed E-state index contributed by atoms with van der Waals surface area (Å²) in [7, 11) is 1.97. The lowest BCUT2D eigenvalue weighted by Crippen LogP contribution is -2.33. The maximum Gasteiger partial charge on any atom is 0.310 e. The van der Waals surface area contributed by atoms with E-state index >= 15 is 0 Å². The SMILES string of the molecule is Cc1ccc(CCN(C)CC2(C(=O)O)CC2)o1. The third-order valence-electron chi connectivity index (χ3n) is 3.42. The number of rotatable bonds is 6. The zero-order valence-electron chi connectivity index (χ0n) is 10.4. The highest BCUT2D eigenvalue weighted by Gasteiger charge is 2.50. The van der Waals surface area contributed by atoms with E-state index in [9.17, 15) is 4.79 Å². The number of aryl methyl sites for hydroxylation is 1. The van der Waals surface area contributed by atoms with Crippen molar-refractivity contribution in [2.45, 2.75) is 26.2 Å². The van der Waals surface area contributed by atoms with Crippen molar-refractivity contribution in [3.8, 4) is 0 Å².